The summed E-state index contributed by atoms with van der Waals surface area (Å²) in [5.74, 6) is 0. The fraction of sp³-hybridized carbons (Fsp3) is 0.292. The summed E-state index contributed by atoms with van der Waals surface area (Å²) in [4.78, 5) is 21.3. The van der Waals surface area contributed by atoms with E-state index >= 15 is 0 Å². The molecule has 0 bridgehead atoms. The first-order chi connectivity index (χ1) is 15.3. The number of nitrogens with zero attached hydrogens (tertiary/aromatic N) is 2. The van der Waals surface area contributed by atoms with Crippen molar-refractivity contribution >= 4 is 31.8 Å². The number of aromatic nitrogens is 2. The highest BCUT2D eigenvalue weighted by Crippen LogP contribution is 2.25. The van der Waals surface area contributed by atoms with E-state index in [9.17, 15) is 13.2 Å². The lowest BCUT2D eigenvalue weighted by Crippen LogP contribution is -2.53. The predicted molar refractivity (Wildman–Crippen MR) is 128 cm³/mol. The molecule has 2 N–H and O–H groups in total. The Morgan fingerprint density at radius 3 is 2.53 bits per heavy atom. The van der Waals surface area contributed by atoms with Crippen molar-refractivity contribution in [3.05, 3.63) is 70.5 Å². The maximum atomic E-state index is 12.6. The van der Waals surface area contributed by atoms with Crippen LogP contribution in [0, 0.1) is 0 Å². The first-order valence-corrected chi connectivity index (χ1v) is 12.6. The van der Waals surface area contributed by atoms with Crippen LogP contribution in [-0.4, -0.2) is 59.5 Å². The number of sulfonamides is 1. The molecule has 0 spiro atoms. The molecule has 8 heteroatoms. The summed E-state index contributed by atoms with van der Waals surface area (Å²) in [5.41, 5.74) is 4.26. The van der Waals surface area contributed by atoms with Gasteiger partial charge in [0.25, 0.3) is 5.56 Å². The van der Waals surface area contributed by atoms with Crippen LogP contribution in [0.5, 0.6) is 0 Å². The summed E-state index contributed by atoms with van der Waals surface area (Å²) in [6.07, 6.45) is 1.27. The lowest BCUT2D eigenvalue weighted by Gasteiger charge is -2.38. The maximum Gasteiger partial charge on any atom is 0.257 e. The molecule has 3 heterocycles. The van der Waals surface area contributed by atoms with Gasteiger partial charge in [-0.3, -0.25) is 9.69 Å². The summed E-state index contributed by atoms with van der Waals surface area (Å²) in [7, 11) is -3.17. The van der Waals surface area contributed by atoms with Crippen molar-refractivity contribution in [3.63, 3.8) is 0 Å². The fourth-order valence-corrected chi connectivity index (χ4v) is 5.82. The molecule has 0 saturated carbocycles. The number of hydrogen-bond donors (Lipinski definition) is 2. The van der Waals surface area contributed by atoms with Crippen LogP contribution in [0.15, 0.2) is 59.4 Å². The minimum absolute atomic E-state index is 0.0408. The number of pyridine rings is 1. The first-order valence-electron chi connectivity index (χ1n) is 10.7. The van der Waals surface area contributed by atoms with Gasteiger partial charge in [-0.15, -0.1) is 0 Å². The van der Waals surface area contributed by atoms with Crippen LogP contribution in [0.4, 0.5) is 0 Å². The summed E-state index contributed by atoms with van der Waals surface area (Å²) in [6, 6.07) is 17.9. The smallest absolute Gasteiger partial charge is 0.257 e. The highest BCUT2D eigenvalue weighted by atomic mass is 32.2. The van der Waals surface area contributed by atoms with Crippen LogP contribution in [-0.2, 0) is 16.6 Å². The van der Waals surface area contributed by atoms with Crippen molar-refractivity contribution in [2.45, 2.75) is 19.5 Å². The lowest BCUT2D eigenvalue weighted by atomic mass is 10.1. The van der Waals surface area contributed by atoms with Gasteiger partial charge in [0.1, 0.15) is 0 Å². The molecule has 166 valence electrons. The van der Waals surface area contributed by atoms with E-state index in [0.29, 0.717) is 25.2 Å². The topological polar surface area (TPSA) is 89.3 Å². The molecule has 2 aromatic carbocycles. The highest BCUT2D eigenvalue weighted by molar-refractivity contribution is 7.88. The van der Waals surface area contributed by atoms with Gasteiger partial charge in [0.05, 0.1) is 17.5 Å². The van der Waals surface area contributed by atoms with Gasteiger partial charge in [0, 0.05) is 48.6 Å². The Bertz CT molecular complexity index is 1470. The third kappa shape index (κ3) is 3.97. The number of aromatic amines is 2. The third-order valence-electron chi connectivity index (χ3n) is 6.21. The quantitative estimate of drug-likeness (QED) is 0.500. The number of hydrogen-bond acceptors (Lipinski definition) is 4. The van der Waals surface area contributed by atoms with Crippen LogP contribution in [0.25, 0.3) is 33.1 Å². The SMILES string of the molecule is CC1CN(Cc2ccc3[nH]c(-c4cc5ccccc5[nH]c4=O)cc3c2)CCN1S(C)(=O)=O. The second-order valence-electron chi connectivity index (χ2n) is 8.66. The van der Waals surface area contributed by atoms with Crippen LogP contribution in [0.3, 0.4) is 0 Å². The van der Waals surface area contributed by atoms with Gasteiger partial charge in [-0.2, -0.15) is 4.31 Å². The molecular weight excluding hydrogens is 424 g/mol. The molecular formula is C24H26N4O3S. The van der Waals surface area contributed by atoms with Gasteiger partial charge in [0.15, 0.2) is 0 Å². The normalized spacial score (nSPS) is 18.5. The zero-order valence-corrected chi connectivity index (χ0v) is 18.9. The summed E-state index contributed by atoms with van der Waals surface area (Å²) in [6.45, 7) is 4.64. The lowest BCUT2D eigenvalue weighted by molar-refractivity contribution is 0.138. The van der Waals surface area contributed by atoms with E-state index in [1.165, 1.54) is 6.26 Å². The van der Waals surface area contributed by atoms with Crippen molar-refractivity contribution in [2.24, 2.45) is 0 Å². The molecule has 1 aliphatic heterocycles. The van der Waals surface area contributed by atoms with E-state index in [1.807, 2.05) is 49.4 Å². The Kier molecular flexibility index (Phi) is 5.16. The van der Waals surface area contributed by atoms with E-state index in [-0.39, 0.29) is 11.6 Å². The molecule has 1 fully saturated rings. The van der Waals surface area contributed by atoms with Gasteiger partial charge in [-0.25, -0.2) is 8.42 Å². The molecule has 5 rings (SSSR count). The molecule has 0 amide bonds. The monoisotopic (exact) mass is 450 g/mol. The van der Waals surface area contributed by atoms with Crippen LogP contribution < -0.4 is 5.56 Å². The molecule has 1 aliphatic rings. The van der Waals surface area contributed by atoms with Crippen molar-refractivity contribution in [1.82, 2.24) is 19.2 Å². The minimum Gasteiger partial charge on any atom is -0.354 e. The predicted octanol–water partition coefficient (Wildman–Crippen LogP) is 3.14. The molecule has 0 aliphatic carbocycles. The Labute approximate surface area is 186 Å². The van der Waals surface area contributed by atoms with E-state index in [4.69, 9.17) is 0 Å². The van der Waals surface area contributed by atoms with Gasteiger partial charge in [0.2, 0.25) is 10.0 Å². The van der Waals surface area contributed by atoms with Crippen LogP contribution >= 0.6 is 0 Å². The summed E-state index contributed by atoms with van der Waals surface area (Å²) < 4.78 is 25.4. The van der Waals surface area contributed by atoms with E-state index < -0.39 is 10.0 Å². The molecule has 4 aromatic rings. The Balaban J connectivity index is 1.39. The van der Waals surface area contributed by atoms with Crippen LogP contribution in [0.1, 0.15) is 12.5 Å². The fourth-order valence-electron chi connectivity index (χ4n) is 4.68. The number of piperazine rings is 1. The third-order valence-corrected chi connectivity index (χ3v) is 7.61. The maximum absolute atomic E-state index is 12.6. The number of para-hydroxylation sites is 1. The number of rotatable bonds is 4. The number of fused-ring (bicyclic) bond motifs is 2. The van der Waals surface area contributed by atoms with Gasteiger partial charge < -0.3 is 9.97 Å². The highest BCUT2D eigenvalue weighted by Gasteiger charge is 2.29. The van der Waals surface area contributed by atoms with E-state index in [0.717, 1.165) is 39.6 Å². The molecule has 1 saturated heterocycles. The zero-order chi connectivity index (χ0) is 22.5. The standard InChI is InChI=1S/C24H26N4O3S/c1-16-14-27(9-10-28(16)32(2,30)31)15-17-7-8-22-19(11-17)13-23(25-22)20-12-18-5-3-4-6-21(18)26-24(20)29/h3-8,11-13,16,25H,9-10,14-15H2,1-2H3,(H,26,29). The van der Waals surface area contributed by atoms with E-state index in [2.05, 4.69) is 27.0 Å². The van der Waals surface area contributed by atoms with Gasteiger partial charge in [-0.05, 0) is 48.2 Å². The molecule has 32 heavy (non-hydrogen) atoms. The van der Waals surface area contributed by atoms with Crippen molar-refractivity contribution < 1.29 is 8.42 Å². The second-order valence-corrected chi connectivity index (χ2v) is 10.6. The van der Waals surface area contributed by atoms with Crippen molar-refractivity contribution in [1.29, 1.82) is 0 Å². The summed E-state index contributed by atoms with van der Waals surface area (Å²) >= 11 is 0. The number of nitrogens with one attached hydrogen (secondary N) is 2. The largest absolute Gasteiger partial charge is 0.354 e. The summed E-state index contributed by atoms with van der Waals surface area (Å²) in [5, 5.41) is 2.04. The molecule has 2 aromatic heterocycles. The van der Waals surface area contributed by atoms with Crippen molar-refractivity contribution in [3.8, 4) is 11.3 Å². The Morgan fingerprint density at radius 1 is 0.969 bits per heavy atom. The molecule has 0 radical (unpaired) electrons. The molecule has 7 nitrogen and oxygen atoms in total. The van der Waals surface area contributed by atoms with E-state index in [1.54, 1.807) is 4.31 Å². The van der Waals surface area contributed by atoms with Crippen molar-refractivity contribution in [2.75, 3.05) is 25.9 Å². The Hall–Kier alpha value is -2.94. The van der Waals surface area contributed by atoms with Gasteiger partial charge in [-0.1, -0.05) is 24.3 Å². The molecule has 1 atom stereocenters. The number of benzene rings is 2. The second kappa shape index (κ2) is 7.88. The minimum atomic E-state index is -3.17. The van der Waals surface area contributed by atoms with Crippen LogP contribution in [0.2, 0.25) is 0 Å². The molecule has 1 unspecified atom stereocenters. The first kappa shape index (κ1) is 20.9. The Morgan fingerprint density at radius 2 is 1.75 bits per heavy atom. The average molecular weight is 451 g/mol. The average Bonchev–Trinajstić information content (AvgIpc) is 3.15. The zero-order valence-electron chi connectivity index (χ0n) is 18.1. The number of H-pyrrole nitrogens is 2. The van der Waals surface area contributed by atoms with Gasteiger partial charge >= 0.3 is 0 Å².